The molecule has 0 spiro atoms. The first-order chi connectivity index (χ1) is 8.22. The van der Waals surface area contributed by atoms with Gasteiger partial charge in [0.15, 0.2) is 0 Å². The molecule has 1 aliphatic carbocycles. The Morgan fingerprint density at radius 2 is 1.94 bits per heavy atom. The monoisotopic (exact) mass is 251 g/mol. The fourth-order valence-electron chi connectivity index (χ4n) is 3.16. The van der Waals surface area contributed by atoms with E-state index in [1.54, 1.807) is 0 Å². The van der Waals surface area contributed by atoms with Gasteiger partial charge in [0.2, 0.25) is 0 Å². The molecule has 0 heterocycles. The van der Waals surface area contributed by atoms with Gasteiger partial charge in [-0.15, -0.1) is 0 Å². The quantitative estimate of drug-likeness (QED) is 0.861. The Bertz CT molecular complexity index is 381. The number of nitrogens with two attached hydrogens (primary N) is 1. The van der Waals surface area contributed by atoms with Crippen molar-refractivity contribution < 1.29 is 0 Å². The summed E-state index contributed by atoms with van der Waals surface area (Å²) in [5.41, 5.74) is 9.12. The Morgan fingerprint density at radius 1 is 1.24 bits per heavy atom. The van der Waals surface area contributed by atoms with Gasteiger partial charge in [-0.3, -0.25) is 0 Å². The molecule has 2 rings (SSSR count). The molecule has 1 aromatic carbocycles. The van der Waals surface area contributed by atoms with Gasteiger partial charge in [0.1, 0.15) is 0 Å². The number of aryl methyl sites for hydroxylation is 1. The Morgan fingerprint density at radius 3 is 2.53 bits per heavy atom. The number of benzene rings is 1. The van der Waals surface area contributed by atoms with Gasteiger partial charge in [-0.25, -0.2) is 0 Å². The smallest absolute Gasteiger partial charge is 0.0409 e. The van der Waals surface area contributed by atoms with E-state index in [4.69, 9.17) is 17.3 Å². The molecule has 17 heavy (non-hydrogen) atoms. The maximum atomic E-state index is 6.17. The minimum atomic E-state index is 0.189. The van der Waals surface area contributed by atoms with Crippen molar-refractivity contribution in [2.24, 2.45) is 5.73 Å². The minimum Gasteiger partial charge on any atom is -0.330 e. The van der Waals surface area contributed by atoms with Gasteiger partial charge in [0.25, 0.3) is 0 Å². The van der Waals surface area contributed by atoms with Crippen molar-refractivity contribution in [2.45, 2.75) is 50.9 Å². The number of rotatable bonds is 3. The first kappa shape index (κ1) is 12.9. The summed E-state index contributed by atoms with van der Waals surface area (Å²) in [6.45, 7) is 2.96. The summed E-state index contributed by atoms with van der Waals surface area (Å²) in [6.07, 6.45) is 7.45. The van der Waals surface area contributed by atoms with E-state index in [-0.39, 0.29) is 5.41 Å². The van der Waals surface area contributed by atoms with Crippen LogP contribution in [-0.2, 0) is 11.8 Å². The van der Waals surface area contributed by atoms with E-state index in [0.29, 0.717) is 0 Å². The molecule has 1 aliphatic rings. The molecular formula is C15H22ClN. The standard InChI is InChI=1S/C15H22ClN/c1-2-12-6-7-13(16)10-14(12)15(11-17)8-4-3-5-9-15/h6-7,10H,2-5,8-9,11,17H2,1H3. The zero-order chi connectivity index (χ0) is 12.3. The topological polar surface area (TPSA) is 26.0 Å². The van der Waals surface area contributed by atoms with Gasteiger partial charge in [-0.05, 0) is 42.5 Å². The number of halogens is 1. The predicted molar refractivity (Wildman–Crippen MR) is 74.6 cm³/mol. The zero-order valence-corrected chi connectivity index (χ0v) is 11.4. The molecule has 0 aromatic heterocycles. The molecule has 1 nitrogen and oxygen atoms in total. The molecular weight excluding hydrogens is 230 g/mol. The van der Waals surface area contributed by atoms with Crippen LogP contribution < -0.4 is 5.73 Å². The zero-order valence-electron chi connectivity index (χ0n) is 10.6. The molecule has 1 fully saturated rings. The molecule has 0 aliphatic heterocycles. The highest BCUT2D eigenvalue weighted by atomic mass is 35.5. The lowest BCUT2D eigenvalue weighted by Gasteiger charge is -2.38. The van der Waals surface area contributed by atoms with Crippen LogP contribution >= 0.6 is 11.6 Å². The SMILES string of the molecule is CCc1ccc(Cl)cc1C1(CN)CCCCC1. The molecule has 1 aromatic rings. The maximum Gasteiger partial charge on any atom is 0.0409 e. The Hall–Kier alpha value is -0.530. The third kappa shape index (κ3) is 2.51. The third-order valence-electron chi connectivity index (χ3n) is 4.23. The van der Waals surface area contributed by atoms with Gasteiger partial charge < -0.3 is 5.73 Å². The molecule has 0 unspecified atom stereocenters. The summed E-state index contributed by atoms with van der Waals surface area (Å²) in [5, 5.41) is 0.843. The lowest BCUT2D eigenvalue weighted by atomic mass is 9.68. The highest BCUT2D eigenvalue weighted by Gasteiger charge is 2.34. The summed E-state index contributed by atoms with van der Waals surface area (Å²) < 4.78 is 0. The van der Waals surface area contributed by atoms with E-state index in [0.717, 1.165) is 18.0 Å². The lowest BCUT2D eigenvalue weighted by Crippen LogP contribution is -2.38. The van der Waals surface area contributed by atoms with Crippen molar-refractivity contribution >= 4 is 11.6 Å². The Kier molecular flexibility index (Phi) is 4.11. The Balaban J connectivity index is 2.44. The molecule has 0 saturated heterocycles. The van der Waals surface area contributed by atoms with Crippen LogP contribution in [0.5, 0.6) is 0 Å². The maximum absolute atomic E-state index is 6.17. The molecule has 1 saturated carbocycles. The largest absolute Gasteiger partial charge is 0.330 e. The molecule has 0 bridgehead atoms. The van der Waals surface area contributed by atoms with Crippen LogP contribution in [0.4, 0.5) is 0 Å². The summed E-state index contributed by atoms with van der Waals surface area (Å²) in [5.74, 6) is 0. The number of hydrogen-bond donors (Lipinski definition) is 1. The van der Waals surface area contributed by atoms with Crippen molar-refractivity contribution in [3.63, 3.8) is 0 Å². The molecule has 0 amide bonds. The third-order valence-corrected chi connectivity index (χ3v) is 4.46. The second-order valence-electron chi connectivity index (χ2n) is 5.20. The van der Waals surface area contributed by atoms with Crippen molar-refractivity contribution in [1.29, 1.82) is 0 Å². The van der Waals surface area contributed by atoms with Crippen LogP contribution in [0.15, 0.2) is 18.2 Å². The highest BCUT2D eigenvalue weighted by molar-refractivity contribution is 6.30. The van der Waals surface area contributed by atoms with Gasteiger partial charge in [0.05, 0.1) is 0 Å². The van der Waals surface area contributed by atoms with Crippen molar-refractivity contribution in [3.05, 3.63) is 34.3 Å². The van der Waals surface area contributed by atoms with Gasteiger partial charge in [0, 0.05) is 17.0 Å². The van der Waals surface area contributed by atoms with E-state index in [1.807, 2.05) is 6.07 Å². The predicted octanol–water partition coefficient (Wildman–Crippen LogP) is 4.06. The van der Waals surface area contributed by atoms with Gasteiger partial charge in [-0.1, -0.05) is 43.9 Å². The van der Waals surface area contributed by atoms with Crippen molar-refractivity contribution in [1.82, 2.24) is 0 Å². The molecule has 2 heteroatoms. The van der Waals surface area contributed by atoms with Gasteiger partial charge >= 0.3 is 0 Å². The Labute approximate surface area is 109 Å². The highest BCUT2D eigenvalue weighted by Crippen LogP contribution is 2.41. The molecule has 94 valence electrons. The average Bonchev–Trinajstić information content (AvgIpc) is 2.39. The van der Waals surface area contributed by atoms with Crippen molar-refractivity contribution in [2.75, 3.05) is 6.54 Å². The minimum absolute atomic E-state index is 0.189. The summed E-state index contributed by atoms with van der Waals surface area (Å²) in [4.78, 5) is 0. The van der Waals surface area contributed by atoms with Crippen LogP contribution in [0.3, 0.4) is 0 Å². The van der Waals surface area contributed by atoms with Crippen LogP contribution in [0.25, 0.3) is 0 Å². The van der Waals surface area contributed by atoms with E-state index in [2.05, 4.69) is 19.1 Å². The summed E-state index contributed by atoms with van der Waals surface area (Å²) >= 11 is 6.17. The second kappa shape index (κ2) is 5.41. The molecule has 0 radical (unpaired) electrons. The van der Waals surface area contributed by atoms with Gasteiger partial charge in [-0.2, -0.15) is 0 Å². The number of hydrogen-bond acceptors (Lipinski definition) is 1. The van der Waals surface area contributed by atoms with E-state index < -0.39 is 0 Å². The van der Waals surface area contributed by atoms with Crippen molar-refractivity contribution in [3.8, 4) is 0 Å². The molecule has 2 N–H and O–H groups in total. The van der Waals surface area contributed by atoms with E-state index in [9.17, 15) is 0 Å². The van der Waals surface area contributed by atoms with Crippen LogP contribution in [0.2, 0.25) is 5.02 Å². The molecule has 0 atom stereocenters. The summed E-state index contributed by atoms with van der Waals surface area (Å²) in [7, 11) is 0. The average molecular weight is 252 g/mol. The normalized spacial score (nSPS) is 19.2. The second-order valence-corrected chi connectivity index (χ2v) is 5.64. The fraction of sp³-hybridized carbons (Fsp3) is 0.600. The fourth-order valence-corrected chi connectivity index (χ4v) is 3.33. The first-order valence-corrected chi connectivity index (χ1v) is 7.08. The lowest BCUT2D eigenvalue weighted by molar-refractivity contribution is 0.299. The van der Waals surface area contributed by atoms with E-state index >= 15 is 0 Å². The van der Waals surface area contributed by atoms with Crippen LogP contribution in [-0.4, -0.2) is 6.54 Å². The summed E-state index contributed by atoms with van der Waals surface area (Å²) in [6, 6.07) is 6.32. The van der Waals surface area contributed by atoms with Crippen LogP contribution in [0, 0.1) is 0 Å². The van der Waals surface area contributed by atoms with E-state index in [1.165, 1.54) is 43.2 Å². The van der Waals surface area contributed by atoms with Crippen LogP contribution in [0.1, 0.15) is 50.2 Å². The first-order valence-electron chi connectivity index (χ1n) is 6.71.